The lowest BCUT2D eigenvalue weighted by Gasteiger charge is -2.24. The van der Waals surface area contributed by atoms with E-state index in [0.717, 1.165) is 20.0 Å². The molecule has 33 heavy (non-hydrogen) atoms. The van der Waals surface area contributed by atoms with Crippen molar-refractivity contribution in [1.29, 1.82) is 0 Å². The molecule has 0 aromatic heterocycles. The first-order valence-corrected chi connectivity index (χ1v) is 11.4. The van der Waals surface area contributed by atoms with Gasteiger partial charge in [0.1, 0.15) is 5.76 Å². The van der Waals surface area contributed by atoms with Crippen LogP contribution in [0.3, 0.4) is 0 Å². The van der Waals surface area contributed by atoms with Crippen LogP contribution in [0.25, 0.3) is 0 Å². The lowest BCUT2D eigenvalue weighted by molar-refractivity contribution is -0.138. The van der Waals surface area contributed by atoms with Crippen LogP contribution in [-0.4, -0.2) is 51.2 Å². The average Bonchev–Trinajstić information content (AvgIpc) is 2.73. The number of rotatable bonds is 5. The Labute approximate surface area is 189 Å². The summed E-state index contributed by atoms with van der Waals surface area (Å²) in [5.74, 6) is -3.52. The molecule has 0 amide bonds. The molecule has 0 aromatic carbocycles. The van der Waals surface area contributed by atoms with E-state index in [4.69, 9.17) is 5.11 Å². The van der Waals surface area contributed by atoms with E-state index >= 15 is 0 Å². The zero-order valence-corrected chi connectivity index (χ0v) is 19.5. The molecule has 2 unspecified atom stereocenters. The van der Waals surface area contributed by atoms with Gasteiger partial charge < -0.3 is 18.8 Å². The van der Waals surface area contributed by atoms with Gasteiger partial charge in [0, 0.05) is 11.5 Å². The molecule has 2 aliphatic rings. The van der Waals surface area contributed by atoms with Crippen molar-refractivity contribution in [3.63, 3.8) is 0 Å². The van der Waals surface area contributed by atoms with Crippen molar-refractivity contribution in [3.8, 4) is 0 Å². The second kappa shape index (κ2) is 11.5. The van der Waals surface area contributed by atoms with Crippen molar-refractivity contribution < 1.29 is 54.7 Å². The number of hydrogen-bond acceptors (Lipinski definition) is 8. The van der Waals surface area contributed by atoms with E-state index in [9.17, 15) is 36.0 Å². The molecule has 13 heteroatoms. The molecule has 0 saturated heterocycles. The number of carboxylic acids is 1. The number of hydrogen-bond donors (Lipinski definition) is 1. The summed E-state index contributed by atoms with van der Waals surface area (Å²) in [4.78, 5) is 33.6. The molecule has 0 spiro atoms. The molecular formula is C20H27F3O9S. The number of methoxy groups -OCH3 is 2. The van der Waals surface area contributed by atoms with Crippen LogP contribution in [-0.2, 0) is 38.2 Å². The van der Waals surface area contributed by atoms with Crippen molar-refractivity contribution >= 4 is 28.0 Å². The average molecular weight is 500 g/mol. The van der Waals surface area contributed by atoms with E-state index in [1.54, 1.807) is 0 Å². The Balaban J connectivity index is 0.000000346. The van der Waals surface area contributed by atoms with Gasteiger partial charge in [0.2, 0.25) is 0 Å². The Morgan fingerprint density at radius 3 is 1.82 bits per heavy atom. The minimum atomic E-state index is -5.77. The van der Waals surface area contributed by atoms with Gasteiger partial charge in [0.25, 0.3) is 0 Å². The fourth-order valence-electron chi connectivity index (χ4n) is 3.60. The van der Waals surface area contributed by atoms with Crippen molar-refractivity contribution in [2.45, 2.75) is 57.9 Å². The van der Waals surface area contributed by atoms with Crippen LogP contribution < -0.4 is 0 Å². The number of carbonyl (C=O) groups excluding carboxylic acids is 2. The Hall–Kier alpha value is -2.57. The SMILES string of the molecule is COC(=O)C1=C(C(=O)O)C(C)CCC1.COC(=O)C1=C(OS(=O)(=O)C(F)(F)F)C(C)CCC1. The number of aliphatic carboxylic acids is 1. The second-order valence-corrected chi connectivity index (χ2v) is 9.13. The third-order valence-corrected chi connectivity index (χ3v) is 6.23. The number of carboxylic acid groups (broad SMARTS) is 1. The van der Waals surface area contributed by atoms with E-state index in [1.807, 2.05) is 6.92 Å². The van der Waals surface area contributed by atoms with Crippen molar-refractivity contribution in [1.82, 2.24) is 0 Å². The molecule has 0 aromatic rings. The predicted octanol–water partition coefficient (Wildman–Crippen LogP) is 3.46. The summed E-state index contributed by atoms with van der Waals surface area (Å²) >= 11 is 0. The highest BCUT2D eigenvalue weighted by Crippen LogP contribution is 2.36. The van der Waals surface area contributed by atoms with Gasteiger partial charge in [-0.15, -0.1) is 0 Å². The fraction of sp³-hybridized carbons (Fsp3) is 0.650. The Kier molecular flexibility index (Phi) is 9.94. The van der Waals surface area contributed by atoms with Gasteiger partial charge in [0.15, 0.2) is 0 Å². The van der Waals surface area contributed by atoms with Gasteiger partial charge in [0.05, 0.1) is 25.4 Å². The Morgan fingerprint density at radius 1 is 0.909 bits per heavy atom. The van der Waals surface area contributed by atoms with Crippen molar-refractivity contribution in [2.75, 3.05) is 14.2 Å². The van der Waals surface area contributed by atoms with Crippen LogP contribution in [0.2, 0.25) is 0 Å². The molecule has 0 heterocycles. The molecule has 0 aliphatic heterocycles. The molecule has 0 fully saturated rings. The van der Waals surface area contributed by atoms with E-state index in [0.29, 0.717) is 24.8 Å². The molecule has 2 rings (SSSR count). The molecule has 2 aliphatic carbocycles. The minimum absolute atomic E-state index is 0.0599. The van der Waals surface area contributed by atoms with Crippen LogP contribution in [0.15, 0.2) is 22.5 Å². The number of halogens is 3. The van der Waals surface area contributed by atoms with E-state index in [-0.39, 0.29) is 23.5 Å². The van der Waals surface area contributed by atoms with Crippen LogP contribution in [0.1, 0.15) is 52.4 Å². The maximum atomic E-state index is 12.3. The normalized spacial score (nSPS) is 21.5. The largest absolute Gasteiger partial charge is 0.534 e. The minimum Gasteiger partial charge on any atom is -0.478 e. The lowest BCUT2D eigenvalue weighted by Crippen LogP contribution is -2.29. The van der Waals surface area contributed by atoms with E-state index < -0.39 is 45.2 Å². The summed E-state index contributed by atoms with van der Waals surface area (Å²) in [6, 6.07) is 0. The summed E-state index contributed by atoms with van der Waals surface area (Å²) in [5.41, 5.74) is -5.13. The van der Waals surface area contributed by atoms with Gasteiger partial charge in [-0.2, -0.15) is 21.6 Å². The molecule has 0 radical (unpaired) electrons. The number of alkyl halides is 3. The van der Waals surface area contributed by atoms with Gasteiger partial charge in [-0.05, 0) is 44.4 Å². The highest BCUT2D eigenvalue weighted by molar-refractivity contribution is 7.87. The molecule has 0 bridgehead atoms. The topological polar surface area (TPSA) is 133 Å². The first-order chi connectivity index (χ1) is 15.2. The zero-order chi connectivity index (χ0) is 25.6. The first-order valence-electron chi connectivity index (χ1n) is 10.0. The van der Waals surface area contributed by atoms with E-state index in [1.165, 1.54) is 14.0 Å². The first kappa shape index (κ1) is 28.5. The zero-order valence-electron chi connectivity index (χ0n) is 18.7. The fourth-order valence-corrected chi connectivity index (χ4v) is 4.19. The third-order valence-electron chi connectivity index (χ3n) is 5.27. The third kappa shape index (κ3) is 7.21. The quantitative estimate of drug-likeness (QED) is 0.342. The highest BCUT2D eigenvalue weighted by Gasteiger charge is 2.50. The molecule has 0 saturated carbocycles. The summed E-state index contributed by atoms with van der Waals surface area (Å²) in [6.07, 6.45) is 3.29. The number of ether oxygens (including phenoxy) is 2. The van der Waals surface area contributed by atoms with Crippen LogP contribution in [0, 0.1) is 11.8 Å². The summed E-state index contributed by atoms with van der Waals surface area (Å²) in [6.45, 7) is 3.31. The maximum Gasteiger partial charge on any atom is 0.534 e. The smallest absolute Gasteiger partial charge is 0.478 e. The van der Waals surface area contributed by atoms with E-state index in [2.05, 4.69) is 13.7 Å². The van der Waals surface area contributed by atoms with Crippen molar-refractivity contribution in [3.05, 3.63) is 22.5 Å². The number of esters is 2. The number of carbonyl (C=O) groups is 3. The van der Waals surface area contributed by atoms with Gasteiger partial charge in [-0.25, -0.2) is 14.4 Å². The van der Waals surface area contributed by atoms with Gasteiger partial charge in [-0.3, -0.25) is 0 Å². The Bertz CT molecular complexity index is 933. The summed E-state index contributed by atoms with van der Waals surface area (Å²) < 4.78 is 71.9. The standard InChI is InChI=1S/C10H13F3O5S.C10H14O4/c1-6-4-3-5-7(9(14)17-2)8(6)18-19(15,16)10(11,12)13;1-6-4-3-5-7(10(13)14-2)8(6)9(11)12/h6H,3-5H2,1-2H3;6H,3-5H2,1-2H3,(H,11,12). The molecule has 2 atom stereocenters. The van der Waals surface area contributed by atoms with Crippen LogP contribution in [0.5, 0.6) is 0 Å². The van der Waals surface area contributed by atoms with Crippen LogP contribution in [0.4, 0.5) is 13.2 Å². The van der Waals surface area contributed by atoms with Gasteiger partial charge >= 0.3 is 33.5 Å². The Morgan fingerprint density at radius 2 is 1.36 bits per heavy atom. The monoisotopic (exact) mass is 500 g/mol. The highest BCUT2D eigenvalue weighted by atomic mass is 32.2. The van der Waals surface area contributed by atoms with Gasteiger partial charge in [-0.1, -0.05) is 13.8 Å². The van der Waals surface area contributed by atoms with Crippen LogP contribution >= 0.6 is 0 Å². The molecule has 9 nitrogen and oxygen atoms in total. The maximum absolute atomic E-state index is 12.3. The molecule has 1 N–H and O–H groups in total. The summed E-state index contributed by atoms with van der Waals surface area (Å²) in [5, 5.41) is 8.96. The number of allylic oxidation sites excluding steroid dienone is 1. The second-order valence-electron chi connectivity index (χ2n) is 7.59. The predicted molar refractivity (Wildman–Crippen MR) is 108 cm³/mol. The molecular weight excluding hydrogens is 473 g/mol. The molecule has 188 valence electrons. The summed E-state index contributed by atoms with van der Waals surface area (Å²) in [7, 11) is -3.44. The lowest BCUT2D eigenvalue weighted by atomic mass is 9.84. The van der Waals surface area contributed by atoms with Crippen molar-refractivity contribution in [2.24, 2.45) is 11.8 Å².